The first-order valence-corrected chi connectivity index (χ1v) is 3.68. The van der Waals surface area contributed by atoms with Crippen molar-refractivity contribution in [1.82, 2.24) is 0 Å². The lowest BCUT2D eigenvalue weighted by Crippen LogP contribution is -2.34. The van der Waals surface area contributed by atoms with E-state index >= 15 is 0 Å². The minimum absolute atomic E-state index is 0.245. The monoisotopic (exact) mass is 143 g/mol. The summed E-state index contributed by atoms with van der Waals surface area (Å²) in [5.41, 5.74) is 5.53. The third kappa shape index (κ3) is 1.70. The number of hydrogen-bond donors (Lipinski definition) is 1. The third-order valence-electron chi connectivity index (χ3n) is 1.69. The predicted molar refractivity (Wildman–Crippen MR) is 37.3 cm³/mol. The van der Waals surface area contributed by atoms with Gasteiger partial charge in [-0.2, -0.15) is 0 Å². The summed E-state index contributed by atoms with van der Waals surface area (Å²) >= 11 is 0. The summed E-state index contributed by atoms with van der Waals surface area (Å²) < 4.78 is 4.74. The molecule has 0 aliphatic heterocycles. The second-order valence-corrected chi connectivity index (χ2v) is 2.62. The fraction of sp³-hybridized carbons (Fsp3) is 0.857. The van der Waals surface area contributed by atoms with Gasteiger partial charge in [0.25, 0.3) is 0 Å². The first-order valence-electron chi connectivity index (χ1n) is 3.68. The third-order valence-corrected chi connectivity index (χ3v) is 1.69. The number of carbonyl (C=O) groups is 1. The molecule has 0 unspecified atom stereocenters. The van der Waals surface area contributed by atoms with Crippen LogP contribution in [-0.2, 0) is 9.53 Å². The summed E-state index contributed by atoms with van der Waals surface area (Å²) in [6, 6.07) is -0.361. The largest absolute Gasteiger partial charge is 0.465 e. The number of carbonyl (C=O) groups excluding carboxylic acids is 1. The minimum Gasteiger partial charge on any atom is -0.465 e. The highest BCUT2D eigenvalue weighted by Crippen LogP contribution is 2.31. The van der Waals surface area contributed by atoms with Crippen molar-refractivity contribution < 1.29 is 9.53 Å². The molecule has 1 atom stereocenters. The van der Waals surface area contributed by atoms with Gasteiger partial charge in [0.2, 0.25) is 0 Å². The molecule has 1 aliphatic carbocycles. The summed E-state index contributed by atoms with van der Waals surface area (Å²) in [6.07, 6.45) is 2.17. The van der Waals surface area contributed by atoms with Gasteiger partial charge >= 0.3 is 5.97 Å². The molecule has 1 rings (SSSR count). The summed E-state index contributed by atoms with van der Waals surface area (Å²) in [5.74, 6) is 0.157. The van der Waals surface area contributed by atoms with Crippen molar-refractivity contribution in [1.29, 1.82) is 0 Å². The molecule has 1 fully saturated rings. The van der Waals surface area contributed by atoms with Crippen molar-refractivity contribution in [2.24, 2.45) is 11.7 Å². The van der Waals surface area contributed by atoms with Crippen LogP contribution < -0.4 is 5.73 Å². The van der Waals surface area contributed by atoms with Crippen LogP contribution in [0.15, 0.2) is 0 Å². The van der Waals surface area contributed by atoms with Crippen LogP contribution in [0.25, 0.3) is 0 Å². The van der Waals surface area contributed by atoms with E-state index in [1.165, 1.54) is 0 Å². The summed E-state index contributed by atoms with van der Waals surface area (Å²) in [6.45, 7) is 2.22. The molecule has 1 saturated carbocycles. The molecule has 0 aromatic carbocycles. The van der Waals surface area contributed by atoms with Crippen molar-refractivity contribution in [2.45, 2.75) is 25.8 Å². The maximum atomic E-state index is 10.9. The van der Waals surface area contributed by atoms with Crippen molar-refractivity contribution >= 4 is 5.97 Å². The van der Waals surface area contributed by atoms with Gasteiger partial charge in [0, 0.05) is 0 Å². The zero-order valence-electron chi connectivity index (χ0n) is 6.17. The minimum atomic E-state index is -0.361. The van der Waals surface area contributed by atoms with Crippen molar-refractivity contribution in [3.8, 4) is 0 Å². The van der Waals surface area contributed by atoms with E-state index in [4.69, 9.17) is 10.5 Å². The maximum Gasteiger partial charge on any atom is 0.323 e. The Kier molecular flexibility index (Phi) is 2.27. The molecule has 0 radical (unpaired) electrons. The molecule has 2 N–H and O–H groups in total. The second-order valence-electron chi connectivity index (χ2n) is 2.62. The van der Waals surface area contributed by atoms with Crippen LogP contribution in [0.2, 0.25) is 0 Å². The Bertz CT molecular complexity index is 132. The van der Waals surface area contributed by atoms with Gasteiger partial charge < -0.3 is 10.5 Å². The molecule has 0 amide bonds. The number of hydrogen-bond acceptors (Lipinski definition) is 3. The van der Waals surface area contributed by atoms with Gasteiger partial charge in [-0.05, 0) is 25.7 Å². The van der Waals surface area contributed by atoms with Gasteiger partial charge in [0.1, 0.15) is 6.04 Å². The molecule has 1 aliphatic rings. The molecule has 0 aromatic heterocycles. The molecule has 58 valence electrons. The zero-order valence-corrected chi connectivity index (χ0v) is 6.17. The highest BCUT2D eigenvalue weighted by atomic mass is 16.5. The maximum absolute atomic E-state index is 10.9. The Balaban J connectivity index is 2.24. The van der Waals surface area contributed by atoms with Gasteiger partial charge in [0.15, 0.2) is 0 Å². The van der Waals surface area contributed by atoms with Crippen LogP contribution in [-0.4, -0.2) is 18.6 Å². The Morgan fingerprint density at radius 2 is 2.40 bits per heavy atom. The summed E-state index contributed by atoms with van der Waals surface area (Å²) in [7, 11) is 0. The van der Waals surface area contributed by atoms with Crippen molar-refractivity contribution in [2.75, 3.05) is 6.61 Å². The standard InChI is InChI=1S/C7H13NO2/c1-2-10-7(9)6(8)5-3-4-5/h5-6H,2-4,8H2,1H3/t6-/m0/s1. The highest BCUT2D eigenvalue weighted by molar-refractivity contribution is 5.76. The van der Waals surface area contributed by atoms with E-state index in [9.17, 15) is 4.79 Å². The average molecular weight is 143 g/mol. The van der Waals surface area contributed by atoms with Gasteiger partial charge in [-0.3, -0.25) is 4.79 Å². The molecule has 0 saturated heterocycles. The predicted octanol–water partition coefficient (Wildman–Crippen LogP) is 0.287. The highest BCUT2D eigenvalue weighted by Gasteiger charge is 2.33. The molecule has 0 spiro atoms. The Labute approximate surface area is 60.5 Å². The number of ether oxygens (including phenoxy) is 1. The Hall–Kier alpha value is -0.570. The first-order chi connectivity index (χ1) is 4.75. The van der Waals surface area contributed by atoms with E-state index in [1.54, 1.807) is 6.92 Å². The van der Waals surface area contributed by atoms with Crippen LogP contribution >= 0.6 is 0 Å². The van der Waals surface area contributed by atoms with E-state index in [1.807, 2.05) is 0 Å². The molecule has 0 bridgehead atoms. The first kappa shape index (κ1) is 7.54. The van der Waals surface area contributed by atoms with E-state index in [0.717, 1.165) is 12.8 Å². The fourth-order valence-corrected chi connectivity index (χ4v) is 0.886. The molecule has 10 heavy (non-hydrogen) atoms. The Morgan fingerprint density at radius 1 is 1.80 bits per heavy atom. The fourth-order valence-electron chi connectivity index (χ4n) is 0.886. The lowest BCUT2D eigenvalue weighted by molar-refractivity contribution is -0.145. The quantitative estimate of drug-likeness (QED) is 0.577. The number of nitrogens with two attached hydrogens (primary N) is 1. The number of esters is 1. The molecule has 3 nitrogen and oxygen atoms in total. The second kappa shape index (κ2) is 3.01. The molecule has 0 heterocycles. The average Bonchev–Trinajstić information content (AvgIpc) is 2.68. The van der Waals surface area contributed by atoms with E-state index in [-0.39, 0.29) is 12.0 Å². The topological polar surface area (TPSA) is 52.3 Å². The van der Waals surface area contributed by atoms with E-state index < -0.39 is 0 Å². The molecule has 3 heteroatoms. The van der Waals surface area contributed by atoms with Gasteiger partial charge in [-0.25, -0.2) is 0 Å². The van der Waals surface area contributed by atoms with Crippen LogP contribution in [0.5, 0.6) is 0 Å². The van der Waals surface area contributed by atoms with Crippen molar-refractivity contribution in [3.63, 3.8) is 0 Å². The van der Waals surface area contributed by atoms with Crippen LogP contribution in [0.4, 0.5) is 0 Å². The molecular formula is C7H13NO2. The smallest absolute Gasteiger partial charge is 0.323 e. The summed E-state index contributed by atoms with van der Waals surface area (Å²) in [4.78, 5) is 10.9. The summed E-state index contributed by atoms with van der Waals surface area (Å²) in [5, 5.41) is 0. The van der Waals surface area contributed by atoms with Gasteiger partial charge in [-0.1, -0.05) is 0 Å². The van der Waals surface area contributed by atoms with E-state index in [2.05, 4.69) is 0 Å². The van der Waals surface area contributed by atoms with Crippen LogP contribution in [0.1, 0.15) is 19.8 Å². The lowest BCUT2D eigenvalue weighted by Gasteiger charge is -2.07. The van der Waals surface area contributed by atoms with E-state index in [0.29, 0.717) is 12.5 Å². The van der Waals surface area contributed by atoms with Gasteiger partial charge in [-0.15, -0.1) is 0 Å². The normalized spacial score (nSPS) is 20.2. The van der Waals surface area contributed by atoms with Gasteiger partial charge in [0.05, 0.1) is 6.61 Å². The molecule has 0 aromatic rings. The zero-order chi connectivity index (χ0) is 7.56. The van der Waals surface area contributed by atoms with Crippen molar-refractivity contribution in [3.05, 3.63) is 0 Å². The Morgan fingerprint density at radius 3 is 2.80 bits per heavy atom. The number of rotatable bonds is 3. The SMILES string of the molecule is CCOC(=O)[C@@H](N)C1CC1. The van der Waals surface area contributed by atoms with Crippen LogP contribution in [0, 0.1) is 5.92 Å². The van der Waals surface area contributed by atoms with Crippen LogP contribution in [0.3, 0.4) is 0 Å². The lowest BCUT2D eigenvalue weighted by atomic mass is 10.2. The molecular weight excluding hydrogens is 130 g/mol.